The molecule has 0 bridgehead atoms. The van der Waals surface area contributed by atoms with Gasteiger partial charge in [0.15, 0.2) is 0 Å². The Hall–Kier alpha value is -2.18. The van der Waals surface area contributed by atoms with Crippen molar-refractivity contribution in [2.75, 3.05) is 26.0 Å². The second-order valence-corrected chi connectivity index (χ2v) is 6.39. The van der Waals surface area contributed by atoms with Gasteiger partial charge in [0.2, 0.25) is 10.0 Å². The van der Waals surface area contributed by atoms with E-state index in [4.69, 9.17) is 5.26 Å². The predicted octanol–water partition coefficient (Wildman–Crippen LogP) is 1.48. The van der Waals surface area contributed by atoms with E-state index in [9.17, 15) is 18.5 Å². The van der Waals surface area contributed by atoms with E-state index < -0.39 is 14.9 Å². The van der Waals surface area contributed by atoms with Crippen LogP contribution in [-0.4, -0.2) is 38.3 Å². The molecule has 1 aromatic carbocycles. The summed E-state index contributed by atoms with van der Waals surface area (Å²) in [6, 6.07) is 4.32. The van der Waals surface area contributed by atoms with Crippen LogP contribution >= 0.6 is 0 Å². The van der Waals surface area contributed by atoms with Crippen LogP contribution in [0.2, 0.25) is 0 Å². The molecule has 0 unspecified atom stereocenters. The summed E-state index contributed by atoms with van der Waals surface area (Å²) in [7, 11) is -1.01. The molecule has 1 N–H and O–H groups in total. The molecule has 0 heterocycles. The molecule has 21 heavy (non-hydrogen) atoms. The first-order chi connectivity index (χ1) is 9.75. The normalized spacial score (nSPS) is 11.2. The second kappa shape index (κ2) is 6.51. The van der Waals surface area contributed by atoms with Gasteiger partial charge in [-0.15, -0.1) is 0 Å². The van der Waals surface area contributed by atoms with Gasteiger partial charge < -0.3 is 5.32 Å². The van der Waals surface area contributed by atoms with Crippen LogP contribution in [0.15, 0.2) is 17.0 Å². The molecule has 1 rings (SSSR count). The Kier molecular flexibility index (Phi) is 5.23. The zero-order chi connectivity index (χ0) is 16.2. The third kappa shape index (κ3) is 3.48. The summed E-state index contributed by atoms with van der Waals surface area (Å²) in [4.78, 5) is 10.3. The van der Waals surface area contributed by atoms with E-state index in [1.807, 2.05) is 6.07 Å². The lowest BCUT2D eigenvalue weighted by atomic mass is 10.2. The number of benzene rings is 1. The Morgan fingerprint density at radius 2 is 2.10 bits per heavy atom. The van der Waals surface area contributed by atoms with Crippen LogP contribution in [-0.2, 0) is 10.0 Å². The summed E-state index contributed by atoms with van der Waals surface area (Å²) in [5.74, 6) is 0. The maximum atomic E-state index is 12.4. The SMILES string of the molecule is CNc1cc(C)c(S(=O)(=O)N(C)CCC#N)cc1[N+](=O)[O-]. The van der Waals surface area contributed by atoms with Crippen molar-refractivity contribution in [3.8, 4) is 6.07 Å². The lowest BCUT2D eigenvalue weighted by Gasteiger charge is -2.17. The van der Waals surface area contributed by atoms with E-state index in [2.05, 4.69) is 5.32 Å². The van der Waals surface area contributed by atoms with Crippen LogP contribution in [0.5, 0.6) is 0 Å². The van der Waals surface area contributed by atoms with Gasteiger partial charge in [0.25, 0.3) is 5.69 Å². The third-order valence-corrected chi connectivity index (χ3v) is 4.98. The first-order valence-corrected chi connectivity index (χ1v) is 7.49. The molecule has 0 amide bonds. The van der Waals surface area contributed by atoms with Gasteiger partial charge in [0, 0.05) is 33.1 Å². The maximum absolute atomic E-state index is 12.4. The Morgan fingerprint density at radius 3 is 2.57 bits per heavy atom. The van der Waals surface area contributed by atoms with Crippen molar-refractivity contribution in [1.29, 1.82) is 5.26 Å². The van der Waals surface area contributed by atoms with Crippen molar-refractivity contribution in [2.45, 2.75) is 18.2 Å². The molecule has 0 aromatic heterocycles. The summed E-state index contributed by atoms with van der Waals surface area (Å²) >= 11 is 0. The largest absolute Gasteiger partial charge is 0.383 e. The number of hydrogen-bond acceptors (Lipinski definition) is 6. The molecule has 0 aliphatic rings. The molecule has 0 aliphatic carbocycles. The van der Waals surface area contributed by atoms with Crippen molar-refractivity contribution < 1.29 is 13.3 Å². The minimum absolute atomic E-state index is 0.0276. The molecular formula is C12H16N4O4S. The third-order valence-electron chi connectivity index (χ3n) is 2.99. The molecule has 1 aromatic rings. The summed E-state index contributed by atoms with van der Waals surface area (Å²) in [5, 5.41) is 22.2. The highest BCUT2D eigenvalue weighted by Crippen LogP contribution is 2.31. The minimum Gasteiger partial charge on any atom is -0.383 e. The van der Waals surface area contributed by atoms with Crippen molar-refractivity contribution in [1.82, 2.24) is 4.31 Å². The molecule has 9 heteroatoms. The average Bonchev–Trinajstić information content (AvgIpc) is 2.43. The van der Waals surface area contributed by atoms with Crippen LogP contribution in [0, 0.1) is 28.4 Å². The Labute approximate surface area is 123 Å². The Balaban J connectivity index is 3.40. The first-order valence-electron chi connectivity index (χ1n) is 6.05. The van der Waals surface area contributed by atoms with Crippen LogP contribution in [0.1, 0.15) is 12.0 Å². The first kappa shape index (κ1) is 16.9. The fourth-order valence-electron chi connectivity index (χ4n) is 1.80. The van der Waals surface area contributed by atoms with Crippen molar-refractivity contribution in [2.24, 2.45) is 0 Å². The predicted molar refractivity (Wildman–Crippen MR) is 77.4 cm³/mol. The topological polar surface area (TPSA) is 116 Å². The molecule has 0 saturated carbocycles. The molecule has 114 valence electrons. The Bertz CT molecular complexity index is 694. The van der Waals surface area contributed by atoms with E-state index in [1.54, 1.807) is 6.92 Å². The number of nitrogens with zero attached hydrogens (tertiary/aromatic N) is 3. The van der Waals surface area contributed by atoms with Gasteiger partial charge in [-0.2, -0.15) is 9.57 Å². The molecule has 0 radical (unpaired) electrons. The fraction of sp³-hybridized carbons (Fsp3) is 0.417. The van der Waals surface area contributed by atoms with Crippen LogP contribution < -0.4 is 5.32 Å². The molecule has 0 fully saturated rings. The van der Waals surface area contributed by atoms with Crippen LogP contribution in [0.3, 0.4) is 0 Å². The van der Waals surface area contributed by atoms with Gasteiger partial charge in [0.1, 0.15) is 5.69 Å². The highest BCUT2D eigenvalue weighted by Gasteiger charge is 2.27. The maximum Gasteiger partial charge on any atom is 0.293 e. The van der Waals surface area contributed by atoms with Gasteiger partial charge in [-0.1, -0.05) is 0 Å². The van der Waals surface area contributed by atoms with E-state index in [0.717, 1.165) is 10.4 Å². The van der Waals surface area contributed by atoms with Crippen LogP contribution in [0.25, 0.3) is 0 Å². The number of nitro groups is 1. The highest BCUT2D eigenvalue weighted by molar-refractivity contribution is 7.89. The number of aryl methyl sites for hydroxylation is 1. The standard InChI is InChI=1S/C12H16N4O4S/c1-9-7-10(14-2)11(16(17)18)8-12(9)21(19,20)15(3)6-4-5-13/h7-8,14H,4,6H2,1-3H3. The quantitative estimate of drug-likeness (QED) is 0.628. The Morgan fingerprint density at radius 1 is 1.48 bits per heavy atom. The molecule has 0 saturated heterocycles. The van der Waals surface area contributed by atoms with Crippen molar-refractivity contribution in [3.63, 3.8) is 0 Å². The number of rotatable bonds is 6. The van der Waals surface area contributed by atoms with Gasteiger partial charge >= 0.3 is 0 Å². The van der Waals surface area contributed by atoms with Gasteiger partial charge in [-0.05, 0) is 18.6 Å². The van der Waals surface area contributed by atoms with Gasteiger partial charge in [-0.25, -0.2) is 8.42 Å². The molecular weight excluding hydrogens is 296 g/mol. The smallest absolute Gasteiger partial charge is 0.293 e. The second-order valence-electron chi connectivity index (χ2n) is 4.38. The van der Waals surface area contributed by atoms with Gasteiger partial charge in [-0.3, -0.25) is 10.1 Å². The number of nitro benzene ring substituents is 1. The van der Waals surface area contributed by atoms with Crippen molar-refractivity contribution in [3.05, 3.63) is 27.8 Å². The summed E-state index contributed by atoms with van der Waals surface area (Å²) in [6.07, 6.45) is 0.0471. The van der Waals surface area contributed by atoms with Crippen LogP contribution in [0.4, 0.5) is 11.4 Å². The summed E-state index contributed by atoms with van der Waals surface area (Å²) in [6.45, 7) is 1.59. The van der Waals surface area contributed by atoms with Crippen molar-refractivity contribution >= 4 is 21.4 Å². The van der Waals surface area contributed by atoms with E-state index in [0.29, 0.717) is 5.56 Å². The minimum atomic E-state index is -3.87. The zero-order valence-electron chi connectivity index (χ0n) is 12.0. The summed E-state index contributed by atoms with van der Waals surface area (Å²) < 4.78 is 25.8. The van der Waals surface area contributed by atoms with E-state index in [1.165, 1.54) is 20.2 Å². The zero-order valence-corrected chi connectivity index (χ0v) is 12.8. The fourth-order valence-corrected chi connectivity index (χ4v) is 3.20. The molecule has 8 nitrogen and oxygen atoms in total. The molecule has 0 aliphatic heterocycles. The van der Waals surface area contributed by atoms with E-state index >= 15 is 0 Å². The number of anilines is 1. The average molecular weight is 312 g/mol. The summed E-state index contributed by atoms with van der Waals surface area (Å²) in [5.41, 5.74) is 0.334. The van der Waals surface area contributed by atoms with E-state index in [-0.39, 0.29) is 29.2 Å². The monoisotopic (exact) mass is 312 g/mol. The number of nitriles is 1. The van der Waals surface area contributed by atoms with Gasteiger partial charge in [0.05, 0.1) is 15.9 Å². The lowest BCUT2D eigenvalue weighted by Crippen LogP contribution is -2.28. The number of hydrogen-bond donors (Lipinski definition) is 1. The molecule has 0 atom stereocenters. The highest BCUT2D eigenvalue weighted by atomic mass is 32.2. The molecule has 0 spiro atoms. The number of sulfonamides is 1. The number of nitrogens with one attached hydrogen (secondary N) is 1. The lowest BCUT2D eigenvalue weighted by molar-refractivity contribution is -0.384.